The fourth-order valence-electron chi connectivity index (χ4n) is 5.15. The summed E-state index contributed by atoms with van der Waals surface area (Å²) in [6.45, 7) is 16.3. The number of aryl methyl sites for hydroxylation is 6. The minimum absolute atomic E-state index is 0.277. The van der Waals surface area contributed by atoms with Crippen molar-refractivity contribution in [3.05, 3.63) is 80.9 Å². The van der Waals surface area contributed by atoms with E-state index in [-0.39, 0.29) is 5.92 Å². The van der Waals surface area contributed by atoms with Gasteiger partial charge in [0, 0.05) is 5.92 Å². The number of hydrogen-bond acceptors (Lipinski definition) is 2. The van der Waals surface area contributed by atoms with E-state index in [1.165, 1.54) is 27.8 Å². The van der Waals surface area contributed by atoms with Gasteiger partial charge in [0.1, 0.15) is 5.60 Å². The van der Waals surface area contributed by atoms with Crippen molar-refractivity contribution in [2.24, 2.45) is 5.92 Å². The zero-order valence-corrected chi connectivity index (χ0v) is 20.6. The average molecular weight is 441 g/mol. The molecule has 2 N–H and O–H groups in total. The summed E-state index contributed by atoms with van der Waals surface area (Å²) in [6.07, 6.45) is 3.78. The van der Waals surface area contributed by atoms with Crippen molar-refractivity contribution < 1.29 is 18.9 Å². The van der Waals surface area contributed by atoms with Gasteiger partial charge in [-0.3, -0.25) is 4.52 Å². The van der Waals surface area contributed by atoms with E-state index in [4.69, 9.17) is 4.52 Å². The summed E-state index contributed by atoms with van der Waals surface area (Å²) in [6, 6.07) is 8.68. The van der Waals surface area contributed by atoms with Crippen molar-refractivity contribution >= 4 is 19.0 Å². The Labute approximate surface area is 185 Å². The molecule has 2 aromatic carbocycles. The van der Waals surface area contributed by atoms with Crippen LogP contribution in [0, 0.1) is 47.5 Å². The molecule has 0 aromatic heterocycles. The van der Waals surface area contributed by atoms with E-state index in [1.54, 1.807) is 13.0 Å². The minimum atomic E-state index is -4.68. The van der Waals surface area contributed by atoms with Crippen LogP contribution in [0.2, 0.25) is 0 Å². The number of rotatable bonds is 4. The molecule has 0 saturated carbocycles. The highest BCUT2D eigenvalue weighted by Crippen LogP contribution is 2.52. The van der Waals surface area contributed by atoms with Crippen LogP contribution in [0.5, 0.6) is 0 Å². The van der Waals surface area contributed by atoms with E-state index in [0.717, 1.165) is 27.8 Å². The fraction of sp³-hybridized carbons (Fsp3) is 0.385. The molecule has 5 heteroatoms. The SMILES string of the molecule is Cc1cc(C)c(C2=C(c3c(C)cc(C)cc3C)C(C)C(C)(OP(=O)(O)O)C=C2)c(C)c1. The number of allylic oxidation sites excluding steroid dienone is 2. The molecule has 4 nitrogen and oxygen atoms in total. The van der Waals surface area contributed by atoms with Gasteiger partial charge in [-0.25, -0.2) is 4.57 Å². The second-order valence-corrected chi connectivity index (χ2v) is 10.4. The van der Waals surface area contributed by atoms with Crippen molar-refractivity contribution in [2.75, 3.05) is 0 Å². The largest absolute Gasteiger partial charge is 0.470 e. The van der Waals surface area contributed by atoms with Crippen LogP contribution in [0.4, 0.5) is 0 Å². The maximum atomic E-state index is 11.8. The number of benzene rings is 2. The van der Waals surface area contributed by atoms with Crippen LogP contribution in [0.15, 0.2) is 36.4 Å². The lowest BCUT2D eigenvalue weighted by atomic mass is 9.71. The monoisotopic (exact) mass is 440 g/mol. The normalized spacial score (nSPS) is 21.7. The minimum Gasteiger partial charge on any atom is -0.303 e. The van der Waals surface area contributed by atoms with Gasteiger partial charge in [-0.15, -0.1) is 0 Å². The van der Waals surface area contributed by atoms with E-state index in [9.17, 15) is 14.4 Å². The molecule has 31 heavy (non-hydrogen) atoms. The Balaban J connectivity index is 2.38. The standard InChI is InChI=1S/C26H33O4P/c1-15-11-17(3)23(18(4)12-15)22-9-10-26(8,30-31(27,28)29)21(7)25(22)24-19(5)13-16(2)14-20(24)6/h9-14,21H,1-8H3,(H2,27,28,29). The molecule has 0 saturated heterocycles. The molecule has 0 fully saturated rings. The fourth-order valence-corrected chi connectivity index (χ4v) is 5.88. The Morgan fingerprint density at radius 3 is 1.68 bits per heavy atom. The first-order chi connectivity index (χ1) is 14.2. The first-order valence-electron chi connectivity index (χ1n) is 10.6. The van der Waals surface area contributed by atoms with Gasteiger partial charge in [0.15, 0.2) is 0 Å². The summed E-state index contributed by atoms with van der Waals surface area (Å²) in [5.74, 6) is -0.277. The second kappa shape index (κ2) is 8.18. The molecule has 1 aliphatic rings. The van der Waals surface area contributed by atoms with Gasteiger partial charge >= 0.3 is 7.82 Å². The average Bonchev–Trinajstić information content (AvgIpc) is 2.57. The summed E-state index contributed by atoms with van der Waals surface area (Å²) in [5.41, 5.74) is 10.4. The van der Waals surface area contributed by atoms with Crippen molar-refractivity contribution in [3.8, 4) is 0 Å². The summed E-state index contributed by atoms with van der Waals surface area (Å²) >= 11 is 0. The molecule has 2 aromatic rings. The Hall–Kier alpha value is -1.97. The van der Waals surface area contributed by atoms with Crippen molar-refractivity contribution in [1.29, 1.82) is 0 Å². The van der Waals surface area contributed by atoms with Crippen LogP contribution in [0.3, 0.4) is 0 Å². The van der Waals surface area contributed by atoms with Gasteiger partial charge in [-0.1, -0.05) is 54.5 Å². The van der Waals surface area contributed by atoms with E-state index < -0.39 is 13.4 Å². The molecule has 2 atom stereocenters. The van der Waals surface area contributed by atoms with Crippen LogP contribution in [-0.2, 0) is 9.09 Å². The molecule has 0 aliphatic heterocycles. The molecule has 166 valence electrons. The van der Waals surface area contributed by atoms with Gasteiger partial charge < -0.3 is 9.79 Å². The third kappa shape index (κ3) is 4.63. The predicted octanol–water partition coefficient (Wildman–Crippen LogP) is 6.52. The van der Waals surface area contributed by atoms with E-state index in [0.29, 0.717) is 0 Å². The lowest BCUT2D eigenvalue weighted by Crippen LogP contribution is -2.36. The highest BCUT2D eigenvalue weighted by Gasteiger charge is 2.42. The van der Waals surface area contributed by atoms with Crippen LogP contribution in [-0.4, -0.2) is 15.4 Å². The molecule has 2 unspecified atom stereocenters. The van der Waals surface area contributed by atoms with Crippen molar-refractivity contribution in [1.82, 2.24) is 0 Å². The van der Waals surface area contributed by atoms with Crippen LogP contribution in [0.1, 0.15) is 58.4 Å². The van der Waals surface area contributed by atoms with Crippen molar-refractivity contribution in [3.63, 3.8) is 0 Å². The van der Waals surface area contributed by atoms with E-state index in [1.807, 2.05) is 13.0 Å². The quantitative estimate of drug-likeness (QED) is 0.531. The molecular formula is C26H33O4P. The summed E-state index contributed by atoms with van der Waals surface area (Å²) < 4.78 is 17.1. The Morgan fingerprint density at radius 2 is 1.26 bits per heavy atom. The van der Waals surface area contributed by atoms with E-state index >= 15 is 0 Å². The summed E-state index contributed by atoms with van der Waals surface area (Å²) in [5, 5.41) is 0. The Morgan fingerprint density at radius 1 is 0.839 bits per heavy atom. The molecule has 3 rings (SSSR count). The maximum absolute atomic E-state index is 11.8. The first-order valence-corrected chi connectivity index (χ1v) is 12.1. The molecule has 0 bridgehead atoms. The third-order valence-corrected chi connectivity index (χ3v) is 7.00. The van der Waals surface area contributed by atoms with Gasteiger partial charge in [0.05, 0.1) is 0 Å². The van der Waals surface area contributed by atoms with Gasteiger partial charge in [-0.2, -0.15) is 0 Å². The van der Waals surface area contributed by atoms with Crippen molar-refractivity contribution in [2.45, 2.75) is 61.0 Å². The Bertz CT molecular complexity index is 1110. The maximum Gasteiger partial charge on any atom is 0.470 e. The molecule has 0 radical (unpaired) electrons. The molecule has 1 aliphatic carbocycles. The smallest absolute Gasteiger partial charge is 0.303 e. The van der Waals surface area contributed by atoms with Gasteiger partial charge in [0.2, 0.25) is 0 Å². The molecule has 0 spiro atoms. The zero-order valence-electron chi connectivity index (χ0n) is 19.7. The summed E-state index contributed by atoms with van der Waals surface area (Å²) in [4.78, 5) is 19.2. The highest BCUT2D eigenvalue weighted by molar-refractivity contribution is 7.46. The first kappa shape index (κ1) is 23.7. The summed E-state index contributed by atoms with van der Waals surface area (Å²) in [7, 11) is -4.68. The number of hydrogen-bond donors (Lipinski definition) is 2. The van der Waals surface area contributed by atoms with E-state index in [2.05, 4.69) is 65.8 Å². The Kier molecular flexibility index (Phi) is 6.25. The predicted molar refractivity (Wildman–Crippen MR) is 128 cm³/mol. The van der Waals surface area contributed by atoms with Crippen LogP contribution in [0.25, 0.3) is 11.1 Å². The third-order valence-electron chi connectivity index (χ3n) is 6.37. The van der Waals surface area contributed by atoms with Crippen LogP contribution >= 0.6 is 7.82 Å². The lowest BCUT2D eigenvalue weighted by molar-refractivity contribution is 0.0631. The number of phosphoric ester groups is 1. The topological polar surface area (TPSA) is 66.8 Å². The lowest BCUT2D eigenvalue weighted by Gasteiger charge is -2.39. The van der Waals surface area contributed by atoms with Crippen LogP contribution < -0.4 is 0 Å². The number of phosphoric acid groups is 1. The second-order valence-electron chi connectivity index (χ2n) is 9.20. The van der Waals surface area contributed by atoms with Gasteiger partial charge in [0.25, 0.3) is 0 Å². The molecule has 0 amide bonds. The zero-order chi connectivity index (χ0) is 23.3. The molecular weight excluding hydrogens is 407 g/mol. The highest BCUT2D eigenvalue weighted by atomic mass is 31.2. The molecule has 0 heterocycles. The van der Waals surface area contributed by atoms with Gasteiger partial charge in [-0.05, 0) is 93.0 Å².